The molecule has 0 spiro atoms. The van der Waals surface area contributed by atoms with E-state index in [2.05, 4.69) is 0 Å². The fourth-order valence-electron chi connectivity index (χ4n) is 1.12. The van der Waals surface area contributed by atoms with Crippen LogP contribution in [0.5, 0.6) is 11.5 Å². The van der Waals surface area contributed by atoms with Gasteiger partial charge in [0, 0.05) is 12.0 Å². The molecule has 0 fully saturated rings. The highest BCUT2D eigenvalue weighted by Crippen LogP contribution is 2.27. The SMILES string of the molecule is CC(=O)CCc1c(O)cccc1O. The van der Waals surface area contributed by atoms with Gasteiger partial charge >= 0.3 is 0 Å². The molecular weight excluding hydrogens is 168 g/mol. The molecule has 13 heavy (non-hydrogen) atoms. The number of phenols is 2. The largest absolute Gasteiger partial charge is 0.508 e. The van der Waals surface area contributed by atoms with Crippen molar-refractivity contribution in [3.8, 4) is 11.5 Å². The standard InChI is InChI=1S/C10H12O3/c1-7(11)5-6-8-9(12)3-2-4-10(8)13/h2-4,12-13H,5-6H2,1H3. The third kappa shape index (κ3) is 2.47. The summed E-state index contributed by atoms with van der Waals surface area (Å²) in [5.41, 5.74) is 0.442. The van der Waals surface area contributed by atoms with Gasteiger partial charge in [0.25, 0.3) is 0 Å². The van der Waals surface area contributed by atoms with E-state index in [0.29, 0.717) is 18.4 Å². The number of hydrogen-bond donors (Lipinski definition) is 2. The van der Waals surface area contributed by atoms with Crippen molar-refractivity contribution in [3.05, 3.63) is 23.8 Å². The zero-order chi connectivity index (χ0) is 9.84. The molecule has 3 nitrogen and oxygen atoms in total. The summed E-state index contributed by atoms with van der Waals surface area (Å²) in [6.07, 6.45) is 0.721. The highest BCUT2D eigenvalue weighted by molar-refractivity contribution is 5.75. The zero-order valence-electron chi connectivity index (χ0n) is 7.45. The van der Waals surface area contributed by atoms with Gasteiger partial charge in [0.15, 0.2) is 0 Å². The Morgan fingerprint density at radius 3 is 2.31 bits per heavy atom. The van der Waals surface area contributed by atoms with Gasteiger partial charge in [-0.15, -0.1) is 0 Å². The van der Waals surface area contributed by atoms with Crippen molar-refractivity contribution in [3.63, 3.8) is 0 Å². The Bertz CT molecular complexity index is 298. The first-order valence-electron chi connectivity index (χ1n) is 4.10. The highest BCUT2D eigenvalue weighted by Gasteiger charge is 2.06. The Balaban J connectivity index is 2.81. The number of hydrogen-bond acceptors (Lipinski definition) is 3. The molecule has 0 amide bonds. The third-order valence-corrected chi connectivity index (χ3v) is 1.85. The Morgan fingerprint density at radius 2 is 1.85 bits per heavy atom. The molecule has 1 rings (SSSR count). The van der Waals surface area contributed by atoms with Crippen LogP contribution in [-0.2, 0) is 11.2 Å². The lowest BCUT2D eigenvalue weighted by atomic mass is 10.1. The van der Waals surface area contributed by atoms with Gasteiger partial charge in [0.05, 0.1) is 0 Å². The van der Waals surface area contributed by atoms with Crippen molar-refractivity contribution in [2.75, 3.05) is 0 Å². The van der Waals surface area contributed by atoms with Gasteiger partial charge in [-0.3, -0.25) is 0 Å². The molecule has 70 valence electrons. The first kappa shape index (κ1) is 9.58. The molecule has 0 aromatic heterocycles. The number of phenolic OH excluding ortho intramolecular Hbond substituents is 2. The van der Waals surface area contributed by atoms with Crippen molar-refractivity contribution < 1.29 is 15.0 Å². The fraction of sp³-hybridized carbons (Fsp3) is 0.300. The number of carbonyl (C=O) groups excluding carboxylic acids is 1. The summed E-state index contributed by atoms with van der Waals surface area (Å²) in [6, 6.07) is 4.55. The van der Waals surface area contributed by atoms with Gasteiger partial charge < -0.3 is 15.0 Å². The van der Waals surface area contributed by atoms with E-state index in [1.165, 1.54) is 19.1 Å². The highest BCUT2D eigenvalue weighted by atomic mass is 16.3. The molecule has 0 saturated carbocycles. The molecule has 0 bridgehead atoms. The van der Waals surface area contributed by atoms with Crippen LogP contribution in [0.3, 0.4) is 0 Å². The molecule has 0 aliphatic carbocycles. The minimum absolute atomic E-state index is 0.0428. The molecule has 2 N–H and O–H groups in total. The molecule has 1 aromatic carbocycles. The normalized spacial score (nSPS) is 9.92. The summed E-state index contributed by atoms with van der Waals surface area (Å²) in [4.78, 5) is 10.7. The van der Waals surface area contributed by atoms with Gasteiger partial charge in [-0.05, 0) is 25.5 Å². The van der Waals surface area contributed by atoms with E-state index in [1.807, 2.05) is 0 Å². The van der Waals surface area contributed by atoms with Crippen LogP contribution in [0, 0.1) is 0 Å². The van der Waals surface area contributed by atoms with Crippen LogP contribution in [0.1, 0.15) is 18.9 Å². The summed E-state index contributed by atoms with van der Waals surface area (Å²) in [5, 5.41) is 18.7. The smallest absolute Gasteiger partial charge is 0.130 e. The Labute approximate surface area is 76.6 Å². The van der Waals surface area contributed by atoms with Gasteiger partial charge in [-0.2, -0.15) is 0 Å². The lowest BCUT2D eigenvalue weighted by Gasteiger charge is -2.04. The maximum atomic E-state index is 10.7. The van der Waals surface area contributed by atoms with Crippen LogP contribution in [-0.4, -0.2) is 16.0 Å². The molecule has 0 atom stereocenters. The van der Waals surface area contributed by atoms with E-state index in [1.54, 1.807) is 6.07 Å². The maximum absolute atomic E-state index is 10.7. The molecule has 0 saturated heterocycles. The molecule has 3 heteroatoms. The lowest BCUT2D eigenvalue weighted by Crippen LogP contribution is -1.94. The second-order valence-electron chi connectivity index (χ2n) is 2.98. The second kappa shape index (κ2) is 3.94. The molecular formula is C10H12O3. The summed E-state index contributed by atoms with van der Waals surface area (Å²) in [5.74, 6) is 0.130. The number of rotatable bonds is 3. The predicted molar refractivity (Wildman–Crippen MR) is 48.8 cm³/mol. The Hall–Kier alpha value is -1.51. The van der Waals surface area contributed by atoms with Crippen molar-refractivity contribution in [2.45, 2.75) is 19.8 Å². The van der Waals surface area contributed by atoms with E-state index in [0.717, 1.165) is 0 Å². The van der Waals surface area contributed by atoms with Crippen LogP contribution in [0.25, 0.3) is 0 Å². The topological polar surface area (TPSA) is 57.5 Å². The van der Waals surface area contributed by atoms with Crippen molar-refractivity contribution >= 4 is 5.78 Å². The average Bonchev–Trinajstić information content (AvgIpc) is 2.03. The van der Waals surface area contributed by atoms with Crippen LogP contribution < -0.4 is 0 Å². The van der Waals surface area contributed by atoms with Crippen molar-refractivity contribution in [1.82, 2.24) is 0 Å². The maximum Gasteiger partial charge on any atom is 0.130 e. The second-order valence-corrected chi connectivity index (χ2v) is 2.98. The monoisotopic (exact) mass is 180 g/mol. The minimum Gasteiger partial charge on any atom is -0.508 e. The number of aromatic hydroxyl groups is 2. The van der Waals surface area contributed by atoms with E-state index in [-0.39, 0.29) is 17.3 Å². The average molecular weight is 180 g/mol. The van der Waals surface area contributed by atoms with Crippen LogP contribution in [0.2, 0.25) is 0 Å². The number of benzene rings is 1. The molecule has 0 aliphatic heterocycles. The first-order valence-corrected chi connectivity index (χ1v) is 4.10. The summed E-state index contributed by atoms with van der Waals surface area (Å²) in [7, 11) is 0. The van der Waals surface area contributed by atoms with Gasteiger partial charge in [0.1, 0.15) is 17.3 Å². The number of carbonyl (C=O) groups is 1. The molecule has 0 aliphatic rings. The Kier molecular flexibility index (Phi) is 2.90. The molecule has 0 heterocycles. The fourth-order valence-corrected chi connectivity index (χ4v) is 1.12. The van der Waals surface area contributed by atoms with Crippen LogP contribution in [0.4, 0.5) is 0 Å². The molecule has 0 unspecified atom stereocenters. The van der Waals surface area contributed by atoms with Crippen molar-refractivity contribution in [2.24, 2.45) is 0 Å². The van der Waals surface area contributed by atoms with Crippen molar-refractivity contribution in [1.29, 1.82) is 0 Å². The van der Waals surface area contributed by atoms with E-state index in [9.17, 15) is 15.0 Å². The van der Waals surface area contributed by atoms with Gasteiger partial charge in [-0.1, -0.05) is 6.07 Å². The number of ketones is 1. The summed E-state index contributed by atoms with van der Waals surface area (Å²) in [6.45, 7) is 1.48. The number of Topliss-reactive ketones (excluding diaryl/α,β-unsaturated/α-hetero) is 1. The quantitative estimate of drug-likeness (QED) is 0.743. The van der Waals surface area contributed by atoms with Crippen LogP contribution in [0.15, 0.2) is 18.2 Å². The van der Waals surface area contributed by atoms with Crippen LogP contribution >= 0.6 is 0 Å². The lowest BCUT2D eigenvalue weighted by molar-refractivity contribution is -0.116. The summed E-state index contributed by atoms with van der Waals surface area (Å²) >= 11 is 0. The van der Waals surface area contributed by atoms with Gasteiger partial charge in [0.2, 0.25) is 0 Å². The molecule has 0 radical (unpaired) electrons. The molecule has 1 aromatic rings. The third-order valence-electron chi connectivity index (χ3n) is 1.85. The zero-order valence-corrected chi connectivity index (χ0v) is 7.45. The van der Waals surface area contributed by atoms with E-state index < -0.39 is 0 Å². The Morgan fingerprint density at radius 1 is 1.31 bits per heavy atom. The minimum atomic E-state index is 0.0428. The predicted octanol–water partition coefficient (Wildman–Crippen LogP) is 1.62. The van der Waals surface area contributed by atoms with E-state index >= 15 is 0 Å². The summed E-state index contributed by atoms with van der Waals surface area (Å²) < 4.78 is 0. The van der Waals surface area contributed by atoms with E-state index in [4.69, 9.17) is 0 Å². The first-order chi connectivity index (χ1) is 6.11. The van der Waals surface area contributed by atoms with Gasteiger partial charge in [-0.25, -0.2) is 0 Å².